The second kappa shape index (κ2) is 6.72. The van der Waals surface area contributed by atoms with Gasteiger partial charge in [-0.05, 0) is 61.6 Å². The molecule has 1 heterocycles. The lowest BCUT2D eigenvalue weighted by molar-refractivity contribution is -0.103. The topological polar surface area (TPSA) is 32.7 Å². The number of β-amino-alcohol motifs (C(OH)–C–C–N with tert-alkyl or cyclic N) is 1. The van der Waals surface area contributed by atoms with Gasteiger partial charge in [-0.2, -0.15) is 0 Å². The molecule has 1 saturated heterocycles. The van der Waals surface area contributed by atoms with E-state index in [0.717, 1.165) is 37.2 Å². The average molecular weight is 392 g/mol. The van der Waals surface area contributed by atoms with Gasteiger partial charge in [0.05, 0.1) is 5.60 Å². The van der Waals surface area contributed by atoms with E-state index < -0.39 is 5.60 Å². The van der Waals surface area contributed by atoms with Crippen LogP contribution < -0.4 is 4.74 Å². The maximum atomic E-state index is 10.0. The molecule has 4 rings (SSSR count). The Kier molecular flexibility index (Phi) is 4.68. The summed E-state index contributed by atoms with van der Waals surface area (Å²) < 4.78 is 6.06. The van der Waals surface area contributed by atoms with Gasteiger partial charge in [-0.25, -0.2) is 0 Å². The van der Waals surface area contributed by atoms with Crippen LogP contribution in [-0.2, 0) is 13.0 Å². The highest BCUT2D eigenvalue weighted by molar-refractivity contribution is 6.35. The minimum Gasteiger partial charge on any atom is -0.489 e. The van der Waals surface area contributed by atoms with Gasteiger partial charge in [0.15, 0.2) is 0 Å². The molecule has 138 valence electrons. The van der Waals surface area contributed by atoms with Crippen molar-refractivity contribution < 1.29 is 9.84 Å². The molecule has 0 spiro atoms. The predicted molar refractivity (Wildman–Crippen MR) is 105 cm³/mol. The van der Waals surface area contributed by atoms with Crippen molar-refractivity contribution in [1.82, 2.24) is 4.90 Å². The van der Waals surface area contributed by atoms with Gasteiger partial charge < -0.3 is 9.84 Å². The van der Waals surface area contributed by atoms with Crippen LogP contribution in [0.5, 0.6) is 5.75 Å². The van der Waals surface area contributed by atoms with Gasteiger partial charge in [0.1, 0.15) is 12.4 Å². The summed E-state index contributed by atoms with van der Waals surface area (Å²) in [6.45, 7) is 5.88. The quantitative estimate of drug-likeness (QED) is 0.801. The van der Waals surface area contributed by atoms with Crippen LogP contribution in [0.4, 0.5) is 0 Å². The molecule has 2 aromatic rings. The summed E-state index contributed by atoms with van der Waals surface area (Å²) >= 11 is 12.5. The molecular weight excluding hydrogens is 369 g/mol. The molecule has 26 heavy (non-hydrogen) atoms. The van der Waals surface area contributed by atoms with E-state index in [-0.39, 0.29) is 0 Å². The van der Waals surface area contributed by atoms with Crippen LogP contribution in [0.2, 0.25) is 10.0 Å². The third-order valence-electron chi connectivity index (χ3n) is 5.57. The number of fused-ring (bicyclic) bond motifs is 1. The van der Waals surface area contributed by atoms with Crippen LogP contribution in [0.15, 0.2) is 30.3 Å². The lowest BCUT2D eigenvalue weighted by Gasteiger charge is -2.47. The van der Waals surface area contributed by atoms with Gasteiger partial charge in [-0.15, -0.1) is 0 Å². The summed E-state index contributed by atoms with van der Waals surface area (Å²) in [5.41, 5.74) is 4.23. The SMILES string of the molecule is Cc1c(OCc2c(Cl)cccc2Cl)ccc2c1CCC2N1CC(C)(O)C1. The van der Waals surface area contributed by atoms with Gasteiger partial charge in [0, 0.05) is 34.7 Å². The molecule has 1 N–H and O–H groups in total. The van der Waals surface area contributed by atoms with E-state index in [1.807, 2.05) is 25.1 Å². The fourth-order valence-electron chi connectivity index (χ4n) is 4.24. The average Bonchev–Trinajstić information content (AvgIpc) is 2.98. The molecular formula is C21H23Cl2NO2. The van der Waals surface area contributed by atoms with E-state index in [1.54, 1.807) is 0 Å². The minimum atomic E-state index is -0.533. The normalized spacial score (nSPS) is 21.3. The van der Waals surface area contributed by atoms with E-state index in [1.165, 1.54) is 16.7 Å². The van der Waals surface area contributed by atoms with Gasteiger partial charge in [0.2, 0.25) is 0 Å². The maximum absolute atomic E-state index is 10.0. The van der Waals surface area contributed by atoms with Gasteiger partial charge in [-0.3, -0.25) is 4.90 Å². The highest BCUT2D eigenvalue weighted by Crippen LogP contribution is 2.43. The van der Waals surface area contributed by atoms with Crippen molar-refractivity contribution >= 4 is 23.2 Å². The third kappa shape index (κ3) is 3.22. The van der Waals surface area contributed by atoms with Crippen LogP contribution in [0, 0.1) is 6.92 Å². The van der Waals surface area contributed by atoms with Gasteiger partial charge in [-0.1, -0.05) is 35.3 Å². The van der Waals surface area contributed by atoms with Crippen molar-refractivity contribution in [2.75, 3.05) is 13.1 Å². The van der Waals surface area contributed by atoms with E-state index in [2.05, 4.69) is 24.0 Å². The van der Waals surface area contributed by atoms with E-state index in [4.69, 9.17) is 27.9 Å². The van der Waals surface area contributed by atoms with Crippen LogP contribution >= 0.6 is 23.2 Å². The number of rotatable bonds is 4. The van der Waals surface area contributed by atoms with Crippen molar-refractivity contribution in [3.05, 3.63) is 62.6 Å². The zero-order valence-corrected chi connectivity index (χ0v) is 16.6. The first kappa shape index (κ1) is 18.1. The number of hydrogen-bond acceptors (Lipinski definition) is 3. The number of benzene rings is 2. The van der Waals surface area contributed by atoms with E-state index in [9.17, 15) is 5.11 Å². The van der Waals surface area contributed by atoms with Crippen molar-refractivity contribution in [2.45, 2.75) is 44.9 Å². The first-order chi connectivity index (χ1) is 12.4. The molecule has 0 saturated carbocycles. The number of hydrogen-bond donors (Lipinski definition) is 1. The summed E-state index contributed by atoms with van der Waals surface area (Å²) in [6, 6.07) is 10.1. The number of likely N-dealkylation sites (tertiary alicyclic amines) is 1. The molecule has 1 aliphatic carbocycles. The molecule has 3 nitrogen and oxygen atoms in total. The van der Waals surface area contributed by atoms with Crippen molar-refractivity contribution in [3.8, 4) is 5.75 Å². The highest BCUT2D eigenvalue weighted by atomic mass is 35.5. The molecule has 1 aliphatic heterocycles. The van der Waals surface area contributed by atoms with Gasteiger partial charge >= 0.3 is 0 Å². The molecule has 0 amide bonds. The smallest absolute Gasteiger partial charge is 0.123 e. The molecule has 1 unspecified atom stereocenters. The van der Waals surface area contributed by atoms with E-state index in [0.29, 0.717) is 22.7 Å². The Bertz CT molecular complexity index is 822. The van der Waals surface area contributed by atoms with Crippen molar-refractivity contribution in [1.29, 1.82) is 0 Å². The van der Waals surface area contributed by atoms with E-state index >= 15 is 0 Å². The fraction of sp³-hybridized carbons (Fsp3) is 0.429. The Morgan fingerprint density at radius 3 is 2.54 bits per heavy atom. The van der Waals surface area contributed by atoms with Gasteiger partial charge in [0.25, 0.3) is 0 Å². The Morgan fingerprint density at radius 2 is 1.88 bits per heavy atom. The maximum Gasteiger partial charge on any atom is 0.123 e. The first-order valence-corrected chi connectivity index (χ1v) is 9.76. The second-order valence-corrected chi connectivity index (χ2v) is 8.52. The number of nitrogens with zero attached hydrogens (tertiary/aromatic N) is 1. The molecule has 1 atom stereocenters. The zero-order chi connectivity index (χ0) is 18.5. The monoisotopic (exact) mass is 391 g/mol. The number of ether oxygens (including phenoxy) is 1. The molecule has 0 bridgehead atoms. The van der Waals surface area contributed by atoms with Crippen molar-refractivity contribution in [2.24, 2.45) is 0 Å². The molecule has 1 fully saturated rings. The molecule has 2 aromatic carbocycles. The lowest BCUT2D eigenvalue weighted by atomic mass is 9.92. The summed E-state index contributed by atoms with van der Waals surface area (Å²) in [4.78, 5) is 2.37. The lowest BCUT2D eigenvalue weighted by Crippen LogP contribution is -2.60. The Morgan fingerprint density at radius 1 is 1.19 bits per heavy atom. The Hall–Kier alpha value is -1.26. The van der Waals surface area contributed by atoms with Crippen molar-refractivity contribution in [3.63, 3.8) is 0 Å². The molecule has 2 aliphatic rings. The fourth-order valence-corrected chi connectivity index (χ4v) is 4.75. The molecule has 0 aromatic heterocycles. The number of aliphatic hydroxyl groups is 1. The first-order valence-electron chi connectivity index (χ1n) is 9.00. The summed E-state index contributed by atoms with van der Waals surface area (Å²) in [5, 5.41) is 11.3. The van der Waals surface area contributed by atoms with Crippen LogP contribution in [-0.4, -0.2) is 28.7 Å². The highest BCUT2D eigenvalue weighted by Gasteiger charge is 2.42. The van der Waals surface area contributed by atoms with Crippen LogP contribution in [0.1, 0.15) is 41.6 Å². The second-order valence-electron chi connectivity index (χ2n) is 7.70. The Balaban J connectivity index is 1.52. The summed E-state index contributed by atoms with van der Waals surface area (Å²) in [5.74, 6) is 0.885. The Labute approximate surface area is 164 Å². The summed E-state index contributed by atoms with van der Waals surface area (Å²) in [6.07, 6.45) is 2.15. The number of halogens is 2. The predicted octanol–water partition coefficient (Wildman–Crippen LogP) is 4.93. The standard InChI is InChI=1S/C21H23Cl2NO2/c1-13-14-6-8-19(24-11-21(2,25)12-24)15(14)7-9-20(13)26-10-16-17(22)4-3-5-18(16)23/h3-5,7,9,19,25H,6,8,10-12H2,1-2H3. The third-order valence-corrected chi connectivity index (χ3v) is 6.28. The molecule has 5 heteroatoms. The zero-order valence-electron chi connectivity index (χ0n) is 15.1. The molecule has 0 radical (unpaired) electrons. The largest absolute Gasteiger partial charge is 0.489 e. The minimum absolute atomic E-state index is 0.358. The van der Waals surface area contributed by atoms with Crippen LogP contribution in [0.3, 0.4) is 0 Å². The van der Waals surface area contributed by atoms with Crippen LogP contribution in [0.25, 0.3) is 0 Å². The summed E-state index contributed by atoms with van der Waals surface area (Å²) in [7, 11) is 0.